The first-order chi connectivity index (χ1) is 16.3. The summed E-state index contributed by atoms with van der Waals surface area (Å²) in [5.41, 5.74) is 5.83. The number of nitrogens with one attached hydrogen (secondary N) is 1. The van der Waals surface area contributed by atoms with Gasteiger partial charge in [-0.1, -0.05) is 29.8 Å². The van der Waals surface area contributed by atoms with Gasteiger partial charge >= 0.3 is 0 Å². The van der Waals surface area contributed by atoms with Crippen LogP contribution in [0.25, 0.3) is 5.95 Å². The number of rotatable bonds is 7. The lowest BCUT2D eigenvalue weighted by molar-refractivity contribution is -0.115. The van der Waals surface area contributed by atoms with Crippen molar-refractivity contribution in [2.45, 2.75) is 40.7 Å². The minimum absolute atomic E-state index is 0.128. The molecule has 0 bridgehead atoms. The van der Waals surface area contributed by atoms with Crippen molar-refractivity contribution in [3.05, 3.63) is 93.5 Å². The standard InChI is InChI=1S/C26H26ClN5O2/c1-16-13-17(2)29-26(28-16)32-19(4)23(18(3)31-32)14-25(33)30-21-9-11-22(12-10-21)34-15-20-7-5-6-8-24(20)27/h5-13H,14-15H2,1-4H3,(H,30,33). The number of hydrogen-bond acceptors (Lipinski definition) is 5. The van der Waals surface area contributed by atoms with Gasteiger partial charge in [-0.3, -0.25) is 4.79 Å². The van der Waals surface area contributed by atoms with Crippen LogP contribution in [0.5, 0.6) is 5.75 Å². The molecule has 0 saturated carbocycles. The largest absolute Gasteiger partial charge is 0.489 e. The van der Waals surface area contributed by atoms with Gasteiger partial charge in [-0.05, 0) is 64.1 Å². The number of hydrogen-bond donors (Lipinski definition) is 1. The summed E-state index contributed by atoms with van der Waals surface area (Å²) < 4.78 is 7.50. The lowest BCUT2D eigenvalue weighted by Gasteiger charge is -2.10. The molecule has 0 aliphatic heterocycles. The van der Waals surface area contributed by atoms with E-state index in [0.717, 1.165) is 33.9 Å². The number of aryl methyl sites for hydroxylation is 3. The van der Waals surface area contributed by atoms with Crippen molar-refractivity contribution in [1.29, 1.82) is 0 Å². The third-order valence-electron chi connectivity index (χ3n) is 5.43. The van der Waals surface area contributed by atoms with E-state index in [1.54, 1.807) is 4.68 Å². The summed E-state index contributed by atoms with van der Waals surface area (Å²) in [7, 11) is 0. The number of carbonyl (C=O) groups excluding carboxylic acids is 1. The predicted octanol–water partition coefficient (Wildman–Crippen LogP) is 5.31. The van der Waals surface area contributed by atoms with E-state index in [9.17, 15) is 4.79 Å². The SMILES string of the molecule is Cc1cc(C)nc(-n2nc(C)c(CC(=O)Nc3ccc(OCc4ccccc4Cl)cc3)c2C)n1. The average Bonchev–Trinajstić information content (AvgIpc) is 3.07. The maximum Gasteiger partial charge on any atom is 0.251 e. The van der Waals surface area contributed by atoms with Gasteiger partial charge in [-0.25, -0.2) is 14.6 Å². The second-order valence-corrected chi connectivity index (χ2v) is 8.55. The van der Waals surface area contributed by atoms with E-state index in [1.165, 1.54) is 0 Å². The van der Waals surface area contributed by atoms with Crippen LogP contribution in [0, 0.1) is 27.7 Å². The molecule has 0 radical (unpaired) electrons. The molecule has 0 spiro atoms. The third-order valence-corrected chi connectivity index (χ3v) is 5.80. The first-order valence-corrected chi connectivity index (χ1v) is 11.3. The molecule has 1 N–H and O–H groups in total. The van der Waals surface area contributed by atoms with Crippen LogP contribution in [0.15, 0.2) is 54.6 Å². The maximum atomic E-state index is 12.7. The topological polar surface area (TPSA) is 81.9 Å². The molecule has 8 heteroatoms. The summed E-state index contributed by atoms with van der Waals surface area (Å²) in [6.07, 6.45) is 0.202. The molecule has 2 aromatic carbocycles. The molecule has 34 heavy (non-hydrogen) atoms. The van der Waals surface area contributed by atoms with Crippen LogP contribution in [-0.4, -0.2) is 25.7 Å². The second kappa shape index (κ2) is 10.1. The van der Waals surface area contributed by atoms with Gasteiger partial charge in [-0.15, -0.1) is 0 Å². The molecule has 0 fully saturated rings. The van der Waals surface area contributed by atoms with Gasteiger partial charge < -0.3 is 10.1 Å². The molecule has 7 nitrogen and oxygen atoms in total. The van der Waals surface area contributed by atoms with Gasteiger partial charge in [0, 0.05) is 38.9 Å². The van der Waals surface area contributed by atoms with Crippen LogP contribution in [0.2, 0.25) is 5.02 Å². The number of carbonyl (C=O) groups is 1. The van der Waals surface area contributed by atoms with Crippen molar-refractivity contribution in [2.75, 3.05) is 5.32 Å². The zero-order valence-corrected chi connectivity index (χ0v) is 20.3. The molecule has 4 aromatic rings. The molecule has 174 valence electrons. The minimum Gasteiger partial charge on any atom is -0.489 e. The van der Waals surface area contributed by atoms with Gasteiger partial charge in [0.05, 0.1) is 12.1 Å². The Hall–Kier alpha value is -3.71. The molecule has 2 aromatic heterocycles. The van der Waals surface area contributed by atoms with Crippen LogP contribution in [-0.2, 0) is 17.8 Å². The number of anilines is 1. The molecule has 0 aliphatic rings. The van der Waals surface area contributed by atoms with Gasteiger partial charge in [0.2, 0.25) is 5.91 Å². The smallest absolute Gasteiger partial charge is 0.251 e. The first-order valence-electron chi connectivity index (χ1n) is 10.9. The molecule has 0 atom stereocenters. The minimum atomic E-state index is -0.128. The van der Waals surface area contributed by atoms with E-state index in [4.69, 9.17) is 16.3 Å². The van der Waals surface area contributed by atoms with Crippen molar-refractivity contribution in [1.82, 2.24) is 19.7 Å². The highest BCUT2D eigenvalue weighted by molar-refractivity contribution is 6.31. The summed E-state index contributed by atoms with van der Waals surface area (Å²) in [6, 6.07) is 16.7. The summed E-state index contributed by atoms with van der Waals surface area (Å²) in [6.45, 7) is 8.03. The van der Waals surface area contributed by atoms with Crippen LogP contribution in [0.3, 0.4) is 0 Å². The second-order valence-electron chi connectivity index (χ2n) is 8.14. The summed E-state index contributed by atoms with van der Waals surface area (Å²) in [5.74, 6) is 1.08. The Balaban J connectivity index is 1.40. The summed E-state index contributed by atoms with van der Waals surface area (Å²) in [5, 5.41) is 8.18. The fourth-order valence-electron chi connectivity index (χ4n) is 3.70. The van der Waals surface area contributed by atoms with Crippen LogP contribution < -0.4 is 10.1 Å². The highest BCUT2D eigenvalue weighted by atomic mass is 35.5. The zero-order valence-electron chi connectivity index (χ0n) is 19.6. The normalized spacial score (nSPS) is 10.9. The number of aromatic nitrogens is 4. The monoisotopic (exact) mass is 475 g/mol. The predicted molar refractivity (Wildman–Crippen MR) is 133 cm³/mol. The number of ether oxygens (including phenoxy) is 1. The first kappa shape index (κ1) is 23.4. The van der Waals surface area contributed by atoms with Gasteiger partial charge in [0.1, 0.15) is 12.4 Å². The Kier molecular flexibility index (Phi) is 6.93. The maximum absolute atomic E-state index is 12.7. The van der Waals surface area contributed by atoms with Crippen molar-refractivity contribution >= 4 is 23.2 Å². The van der Waals surface area contributed by atoms with E-state index < -0.39 is 0 Å². The van der Waals surface area contributed by atoms with E-state index in [-0.39, 0.29) is 12.3 Å². The molecular formula is C26H26ClN5O2. The van der Waals surface area contributed by atoms with Crippen LogP contribution >= 0.6 is 11.6 Å². The summed E-state index contributed by atoms with van der Waals surface area (Å²) in [4.78, 5) is 21.7. The van der Waals surface area contributed by atoms with Crippen LogP contribution in [0.1, 0.15) is 33.9 Å². The number of halogens is 1. The molecule has 2 heterocycles. The molecule has 1 amide bonds. The Morgan fingerprint density at radius 1 is 1.00 bits per heavy atom. The fourth-order valence-corrected chi connectivity index (χ4v) is 3.89. The van der Waals surface area contributed by atoms with E-state index >= 15 is 0 Å². The van der Waals surface area contributed by atoms with Crippen molar-refractivity contribution < 1.29 is 9.53 Å². The lowest BCUT2D eigenvalue weighted by atomic mass is 10.1. The van der Waals surface area contributed by atoms with Gasteiger partial charge in [0.25, 0.3) is 5.95 Å². The summed E-state index contributed by atoms with van der Waals surface area (Å²) >= 11 is 6.17. The third kappa shape index (κ3) is 5.43. The van der Waals surface area contributed by atoms with Crippen molar-refractivity contribution in [3.8, 4) is 11.7 Å². The lowest BCUT2D eigenvalue weighted by Crippen LogP contribution is -2.15. The zero-order chi connectivity index (χ0) is 24.2. The van der Waals surface area contributed by atoms with Gasteiger partial charge in [-0.2, -0.15) is 5.10 Å². The highest BCUT2D eigenvalue weighted by Gasteiger charge is 2.18. The van der Waals surface area contributed by atoms with Crippen molar-refractivity contribution in [3.63, 3.8) is 0 Å². The Labute approximate surface area is 203 Å². The Bertz CT molecular complexity index is 1310. The Morgan fingerprint density at radius 2 is 1.68 bits per heavy atom. The molecule has 0 aliphatic carbocycles. The Morgan fingerprint density at radius 3 is 2.35 bits per heavy atom. The molecule has 0 unspecified atom stereocenters. The molecule has 4 rings (SSSR count). The average molecular weight is 476 g/mol. The van der Waals surface area contributed by atoms with E-state index in [2.05, 4.69) is 20.4 Å². The highest BCUT2D eigenvalue weighted by Crippen LogP contribution is 2.21. The molecule has 0 saturated heterocycles. The number of amides is 1. The number of benzene rings is 2. The fraction of sp³-hybridized carbons (Fsp3) is 0.231. The van der Waals surface area contributed by atoms with Gasteiger partial charge in [0.15, 0.2) is 0 Å². The van der Waals surface area contributed by atoms with Crippen LogP contribution in [0.4, 0.5) is 5.69 Å². The van der Waals surface area contributed by atoms with E-state index in [0.29, 0.717) is 29.0 Å². The van der Waals surface area contributed by atoms with Crippen molar-refractivity contribution in [2.24, 2.45) is 0 Å². The number of nitrogens with zero attached hydrogens (tertiary/aromatic N) is 4. The quantitative estimate of drug-likeness (QED) is 0.391. The molecular weight excluding hydrogens is 450 g/mol. The van der Waals surface area contributed by atoms with E-state index in [1.807, 2.05) is 82.3 Å².